The summed E-state index contributed by atoms with van der Waals surface area (Å²) >= 11 is 0. The highest BCUT2D eigenvalue weighted by Gasteiger charge is 2.06. The molecule has 0 aliphatic carbocycles. The van der Waals surface area contributed by atoms with Crippen LogP contribution in [-0.2, 0) is 0 Å². The molecule has 0 aromatic heterocycles. The van der Waals surface area contributed by atoms with Crippen LogP contribution in [0.25, 0.3) is 11.1 Å². The van der Waals surface area contributed by atoms with E-state index in [1.54, 1.807) is 19.1 Å². The van der Waals surface area contributed by atoms with Gasteiger partial charge in [-0.05, 0) is 47.9 Å². The highest BCUT2D eigenvalue weighted by Crippen LogP contribution is 2.23. The van der Waals surface area contributed by atoms with Crippen molar-refractivity contribution in [2.45, 2.75) is 6.92 Å². The van der Waals surface area contributed by atoms with Crippen molar-refractivity contribution in [3.8, 4) is 11.1 Å². The summed E-state index contributed by atoms with van der Waals surface area (Å²) in [5, 5.41) is 0. The van der Waals surface area contributed by atoms with Crippen LogP contribution < -0.4 is 0 Å². The van der Waals surface area contributed by atoms with Crippen molar-refractivity contribution in [1.29, 1.82) is 0 Å². The van der Waals surface area contributed by atoms with E-state index in [-0.39, 0.29) is 11.4 Å². The van der Waals surface area contributed by atoms with Gasteiger partial charge in [0, 0.05) is 0 Å². The molecule has 0 atom stereocenters. The highest BCUT2D eigenvalue weighted by molar-refractivity contribution is 5.77. The number of aldehydes is 1. The molecule has 0 aliphatic heterocycles. The predicted molar refractivity (Wildman–Crippen MR) is 61.9 cm³/mol. The summed E-state index contributed by atoms with van der Waals surface area (Å²) in [7, 11) is 0. The first-order valence-electron chi connectivity index (χ1n) is 5.12. The molecule has 0 N–H and O–H groups in total. The van der Waals surface area contributed by atoms with E-state index in [9.17, 15) is 13.6 Å². The van der Waals surface area contributed by atoms with Gasteiger partial charge >= 0.3 is 0 Å². The zero-order valence-electron chi connectivity index (χ0n) is 9.21. The summed E-state index contributed by atoms with van der Waals surface area (Å²) in [5.74, 6) is -0.959. The zero-order valence-corrected chi connectivity index (χ0v) is 9.21. The van der Waals surface area contributed by atoms with Crippen molar-refractivity contribution >= 4 is 6.29 Å². The molecule has 0 saturated carbocycles. The average molecular weight is 232 g/mol. The Labute approximate surface area is 97.7 Å². The van der Waals surface area contributed by atoms with Crippen molar-refractivity contribution in [2.75, 3.05) is 0 Å². The van der Waals surface area contributed by atoms with Crippen molar-refractivity contribution in [2.24, 2.45) is 0 Å². The molecule has 0 unspecified atom stereocenters. The lowest BCUT2D eigenvalue weighted by Gasteiger charge is -2.05. The highest BCUT2D eigenvalue weighted by atomic mass is 19.1. The van der Waals surface area contributed by atoms with Gasteiger partial charge in [0.2, 0.25) is 0 Å². The minimum Gasteiger partial charge on any atom is -0.298 e. The van der Waals surface area contributed by atoms with Gasteiger partial charge in [-0.3, -0.25) is 4.79 Å². The van der Waals surface area contributed by atoms with E-state index in [0.717, 1.165) is 5.56 Å². The summed E-state index contributed by atoms with van der Waals surface area (Å²) in [5.41, 5.74) is 1.91. The fourth-order valence-corrected chi connectivity index (χ4v) is 1.71. The first-order valence-corrected chi connectivity index (χ1v) is 5.12. The average Bonchev–Trinajstić information content (AvgIpc) is 2.27. The standard InChI is InChI=1S/C14H10F2O/c1-9-4-12(6-13(15)5-9)10-2-3-11(8-17)14(16)7-10/h2-8H,1H3. The number of hydrogen-bond donors (Lipinski definition) is 0. The van der Waals surface area contributed by atoms with Crippen LogP contribution in [-0.4, -0.2) is 6.29 Å². The van der Waals surface area contributed by atoms with Crippen LogP contribution in [0.5, 0.6) is 0 Å². The first kappa shape index (κ1) is 11.5. The van der Waals surface area contributed by atoms with E-state index < -0.39 is 5.82 Å². The SMILES string of the molecule is Cc1cc(F)cc(-c2ccc(C=O)c(F)c2)c1. The van der Waals surface area contributed by atoms with E-state index in [0.29, 0.717) is 17.4 Å². The largest absolute Gasteiger partial charge is 0.298 e. The normalized spacial score (nSPS) is 10.3. The summed E-state index contributed by atoms with van der Waals surface area (Å²) < 4.78 is 26.6. The third-order valence-corrected chi connectivity index (χ3v) is 2.50. The van der Waals surface area contributed by atoms with Gasteiger partial charge in [-0.2, -0.15) is 0 Å². The summed E-state index contributed by atoms with van der Waals surface area (Å²) in [6.45, 7) is 1.77. The molecule has 0 amide bonds. The summed E-state index contributed by atoms with van der Waals surface area (Å²) in [6.07, 6.45) is 0.454. The van der Waals surface area contributed by atoms with Crippen molar-refractivity contribution in [1.82, 2.24) is 0 Å². The van der Waals surface area contributed by atoms with Crippen LogP contribution >= 0.6 is 0 Å². The molecule has 1 nitrogen and oxygen atoms in total. The van der Waals surface area contributed by atoms with Gasteiger partial charge in [0.15, 0.2) is 6.29 Å². The van der Waals surface area contributed by atoms with Crippen molar-refractivity contribution < 1.29 is 13.6 Å². The quantitative estimate of drug-likeness (QED) is 0.720. The van der Waals surface area contributed by atoms with Crippen LogP contribution in [0.4, 0.5) is 8.78 Å². The number of aryl methyl sites for hydroxylation is 1. The molecule has 2 rings (SSSR count). The molecular formula is C14H10F2O. The number of halogens is 2. The van der Waals surface area contributed by atoms with Gasteiger partial charge in [-0.15, -0.1) is 0 Å². The van der Waals surface area contributed by atoms with Gasteiger partial charge < -0.3 is 0 Å². The van der Waals surface area contributed by atoms with Gasteiger partial charge in [0.05, 0.1) is 5.56 Å². The zero-order chi connectivity index (χ0) is 12.4. The Bertz CT molecular complexity index is 556. The molecular weight excluding hydrogens is 222 g/mol. The van der Waals surface area contributed by atoms with Crippen LogP contribution in [0.15, 0.2) is 36.4 Å². The molecule has 0 heterocycles. The van der Waals surface area contributed by atoms with Crippen molar-refractivity contribution in [3.05, 3.63) is 59.2 Å². The van der Waals surface area contributed by atoms with Crippen LogP contribution in [0.2, 0.25) is 0 Å². The van der Waals surface area contributed by atoms with E-state index >= 15 is 0 Å². The second-order valence-corrected chi connectivity index (χ2v) is 3.87. The Morgan fingerprint density at radius 1 is 1.00 bits per heavy atom. The maximum absolute atomic E-state index is 13.4. The number of carbonyl (C=O) groups excluding carboxylic acids is 1. The number of benzene rings is 2. The Morgan fingerprint density at radius 2 is 1.76 bits per heavy atom. The van der Waals surface area contributed by atoms with Gasteiger partial charge in [-0.25, -0.2) is 8.78 Å². The molecule has 0 bridgehead atoms. The molecule has 3 heteroatoms. The number of hydrogen-bond acceptors (Lipinski definition) is 1. The Kier molecular flexibility index (Phi) is 3.00. The molecule has 17 heavy (non-hydrogen) atoms. The molecule has 0 spiro atoms. The van der Waals surface area contributed by atoms with E-state index in [4.69, 9.17) is 0 Å². The molecule has 0 saturated heterocycles. The van der Waals surface area contributed by atoms with E-state index in [2.05, 4.69) is 0 Å². The molecule has 0 aliphatic rings. The Morgan fingerprint density at radius 3 is 2.35 bits per heavy atom. The number of rotatable bonds is 2. The van der Waals surface area contributed by atoms with Crippen LogP contribution in [0.1, 0.15) is 15.9 Å². The number of carbonyl (C=O) groups is 1. The van der Waals surface area contributed by atoms with Gasteiger partial charge in [0.1, 0.15) is 11.6 Å². The third kappa shape index (κ3) is 2.38. The lowest BCUT2D eigenvalue weighted by Crippen LogP contribution is -1.89. The topological polar surface area (TPSA) is 17.1 Å². The Hall–Kier alpha value is -2.03. The molecule has 86 valence electrons. The van der Waals surface area contributed by atoms with Crippen LogP contribution in [0, 0.1) is 18.6 Å². The third-order valence-electron chi connectivity index (χ3n) is 2.50. The van der Waals surface area contributed by atoms with E-state index in [1.807, 2.05) is 0 Å². The fraction of sp³-hybridized carbons (Fsp3) is 0.0714. The smallest absolute Gasteiger partial charge is 0.152 e. The lowest BCUT2D eigenvalue weighted by atomic mass is 10.0. The fourth-order valence-electron chi connectivity index (χ4n) is 1.71. The maximum atomic E-state index is 13.4. The monoisotopic (exact) mass is 232 g/mol. The lowest BCUT2D eigenvalue weighted by molar-refractivity contribution is 0.112. The van der Waals surface area contributed by atoms with Gasteiger partial charge in [-0.1, -0.05) is 12.1 Å². The maximum Gasteiger partial charge on any atom is 0.152 e. The minimum atomic E-state index is -0.598. The van der Waals surface area contributed by atoms with E-state index in [1.165, 1.54) is 24.3 Å². The van der Waals surface area contributed by atoms with Gasteiger partial charge in [0.25, 0.3) is 0 Å². The molecule has 2 aromatic carbocycles. The molecule has 2 aromatic rings. The molecule has 0 radical (unpaired) electrons. The Balaban J connectivity index is 2.53. The second kappa shape index (κ2) is 4.45. The first-order chi connectivity index (χ1) is 8.10. The molecule has 0 fully saturated rings. The van der Waals surface area contributed by atoms with Crippen molar-refractivity contribution in [3.63, 3.8) is 0 Å². The summed E-state index contributed by atoms with van der Waals surface area (Å²) in [4.78, 5) is 10.5. The summed E-state index contributed by atoms with van der Waals surface area (Å²) in [6, 6.07) is 8.72. The van der Waals surface area contributed by atoms with Crippen LogP contribution in [0.3, 0.4) is 0 Å². The minimum absolute atomic E-state index is 0.00174. The second-order valence-electron chi connectivity index (χ2n) is 3.87. The predicted octanol–water partition coefficient (Wildman–Crippen LogP) is 3.75.